The average Bonchev–Trinajstić information content (AvgIpc) is 2.73. The molecular weight excluding hydrogens is 310 g/mol. The first kappa shape index (κ1) is 15.3. The van der Waals surface area contributed by atoms with Gasteiger partial charge in [0.15, 0.2) is 0 Å². The minimum absolute atomic E-state index is 0.177. The summed E-state index contributed by atoms with van der Waals surface area (Å²) in [6.45, 7) is 4.72. The van der Waals surface area contributed by atoms with E-state index in [1.165, 1.54) is 19.2 Å². The van der Waals surface area contributed by atoms with Crippen molar-refractivity contribution in [2.75, 3.05) is 25.6 Å². The lowest BCUT2D eigenvalue weighted by Crippen LogP contribution is -2.49. The minimum atomic E-state index is -1.50. The summed E-state index contributed by atoms with van der Waals surface area (Å²) in [6.07, 6.45) is 0. The first-order valence-corrected chi connectivity index (χ1v) is 7.18. The van der Waals surface area contributed by atoms with Gasteiger partial charge in [-0.3, -0.25) is 4.79 Å². The summed E-state index contributed by atoms with van der Waals surface area (Å²) in [5.41, 5.74) is 0.917. The molecular formula is C15H16ClNO5. The lowest BCUT2D eigenvalue weighted by atomic mass is 9.93. The van der Waals surface area contributed by atoms with Gasteiger partial charge in [0.25, 0.3) is 11.7 Å². The molecule has 118 valence electrons. The monoisotopic (exact) mass is 325 g/mol. The largest absolute Gasteiger partial charge is 0.465 e. The second-order valence-corrected chi connectivity index (χ2v) is 6.59. The molecule has 2 aliphatic heterocycles. The van der Waals surface area contributed by atoms with Crippen molar-refractivity contribution in [2.24, 2.45) is 5.41 Å². The third-order valence-corrected chi connectivity index (χ3v) is 4.06. The SMILES string of the molecule is COC(=O)c1cc2c(cc1Cl)C1(OCC(C)(C)CO1)C(=O)N2. The quantitative estimate of drug-likeness (QED) is 0.802. The Morgan fingerprint density at radius 2 is 1.95 bits per heavy atom. The summed E-state index contributed by atoms with van der Waals surface area (Å²) in [4.78, 5) is 24.0. The lowest BCUT2D eigenvalue weighted by Gasteiger charge is -2.39. The van der Waals surface area contributed by atoms with E-state index in [0.29, 0.717) is 24.5 Å². The number of carbonyl (C=O) groups is 2. The van der Waals surface area contributed by atoms with Crippen LogP contribution in [0.4, 0.5) is 5.69 Å². The number of amides is 1. The van der Waals surface area contributed by atoms with Crippen LogP contribution in [0.1, 0.15) is 29.8 Å². The molecule has 1 spiro atoms. The fraction of sp³-hybridized carbons (Fsp3) is 0.467. The van der Waals surface area contributed by atoms with Crippen molar-refractivity contribution in [3.8, 4) is 0 Å². The molecule has 2 heterocycles. The highest BCUT2D eigenvalue weighted by Gasteiger charge is 2.54. The molecule has 0 aliphatic carbocycles. The fourth-order valence-corrected chi connectivity index (χ4v) is 2.75. The van der Waals surface area contributed by atoms with Gasteiger partial charge in [0.2, 0.25) is 0 Å². The van der Waals surface area contributed by atoms with Crippen LogP contribution >= 0.6 is 11.6 Å². The molecule has 0 unspecified atom stereocenters. The Morgan fingerprint density at radius 1 is 1.32 bits per heavy atom. The summed E-state index contributed by atoms with van der Waals surface area (Å²) in [5, 5.41) is 2.86. The fourth-order valence-electron chi connectivity index (χ4n) is 2.51. The van der Waals surface area contributed by atoms with Crippen LogP contribution in [0, 0.1) is 5.41 Å². The molecule has 0 saturated carbocycles. The average molecular weight is 326 g/mol. The topological polar surface area (TPSA) is 73.9 Å². The van der Waals surface area contributed by atoms with E-state index in [4.69, 9.17) is 21.1 Å². The number of rotatable bonds is 1. The van der Waals surface area contributed by atoms with Gasteiger partial charge in [-0.1, -0.05) is 25.4 Å². The molecule has 22 heavy (non-hydrogen) atoms. The number of hydrogen-bond acceptors (Lipinski definition) is 5. The van der Waals surface area contributed by atoms with E-state index in [-0.39, 0.29) is 16.0 Å². The first-order chi connectivity index (χ1) is 10.3. The van der Waals surface area contributed by atoms with E-state index >= 15 is 0 Å². The number of halogens is 1. The molecule has 1 saturated heterocycles. The molecule has 7 heteroatoms. The van der Waals surface area contributed by atoms with Crippen LogP contribution < -0.4 is 5.32 Å². The van der Waals surface area contributed by atoms with Gasteiger partial charge < -0.3 is 19.5 Å². The van der Waals surface area contributed by atoms with Gasteiger partial charge in [-0.2, -0.15) is 0 Å². The molecule has 1 fully saturated rings. The zero-order chi connectivity index (χ0) is 16.1. The van der Waals surface area contributed by atoms with Crippen LogP contribution in [0.15, 0.2) is 12.1 Å². The zero-order valence-corrected chi connectivity index (χ0v) is 13.2. The molecule has 1 aromatic rings. The Morgan fingerprint density at radius 3 is 2.55 bits per heavy atom. The van der Waals surface area contributed by atoms with Crippen LogP contribution in [0.3, 0.4) is 0 Å². The van der Waals surface area contributed by atoms with E-state index in [2.05, 4.69) is 10.1 Å². The summed E-state index contributed by atoms with van der Waals surface area (Å²) < 4.78 is 16.2. The van der Waals surface area contributed by atoms with E-state index in [1.807, 2.05) is 13.8 Å². The predicted octanol–water partition coefficient (Wildman–Crippen LogP) is 2.30. The Hall–Kier alpha value is -1.63. The standard InChI is InChI=1S/C15H16ClNO5/c1-14(2)6-21-15(22-7-14)9-5-10(16)8(12(18)20-3)4-11(9)17-13(15)19/h4-5H,6-7H2,1-3H3,(H,17,19). The van der Waals surface area contributed by atoms with Crippen molar-refractivity contribution >= 4 is 29.2 Å². The van der Waals surface area contributed by atoms with Crippen molar-refractivity contribution in [3.63, 3.8) is 0 Å². The van der Waals surface area contributed by atoms with Crippen LogP contribution in [0.2, 0.25) is 5.02 Å². The van der Waals surface area contributed by atoms with E-state index < -0.39 is 17.7 Å². The maximum Gasteiger partial charge on any atom is 0.339 e. The first-order valence-electron chi connectivity index (χ1n) is 6.81. The van der Waals surface area contributed by atoms with Gasteiger partial charge in [-0.15, -0.1) is 0 Å². The smallest absolute Gasteiger partial charge is 0.339 e. The lowest BCUT2D eigenvalue weighted by molar-refractivity contribution is -0.285. The van der Waals surface area contributed by atoms with Crippen LogP contribution in [-0.2, 0) is 24.8 Å². The molecule has 6 nitrogen and oxygen atoms in total. The molecule has 0 bridgehead atoms. The zero-order valence-electron chi connectivity index (χ0n) is 12.5. The molecule has 0 radical (unpaired) electrons. The summed E-state index contributed by atoms with van der Waals surface area (Å²) in [5.74, 6) is -2.49. The third-order valence-electron chi connectivity index (χ3n) is 3.75. The van der Waals surface area contributed by atoms with Crippen molar-refractivity contribution in [3.05, 3.63) is 28.3 Å². The summed E-state index contributed by atoms with van der Waals surface area (Å²) in [7, 11) is 1.27. The van der Waals surface area contributed by atoms with Crippen LogP contribution in [-0.4, -0.2) is 32.2 Å². The van der Waals surface area contributed by atoms with Crippen LogP contribution in [0.5, 0.6) is 0 Å². The molecule has 2 aliphatic rings. The van der Waals surface area contributed by atoms with Crippen molar-refractivity contribution in [2.45, 2.75) is 19.6 Å². The predicted molar refractivity (Wildman–Crippen MR) is 78.8 cm³/mol. The molecule has 1 aromatic carbocycles. The minimum Gasteiger partial charge on any atom is -0.465 e. The highest BCUT2D eigenvalue weighted by molar-refractivity contribution is 6.34. The van der Waals surface area contributed by atoms with Gasteiger partial charge in [-0.05, 0) is 12.1 Å². The van der Waals surface area contributed by atoms with Crippen LogP contribution in [0.25, 0.3) is 0 Å². The van der Waals surface area contributed by atoms with Gasteiger partial charge >= 0.3 is 5.97 Å². The number of benzene rings is 1. The third kappa shape index (κ3) is 2.18. The molecule has 1 N–H and O–H groups in total. The molecule has 0 aromatic heterocycles. The second kappa shape index (κ2) is 4.94. The number of ether oxygens (including phenoxy) is 3. The number of carbonyl (C=O) groups excluding carboxylic acids is 2. The molecule has 1 amide bonds. The van der Waals surface area contributed by atoms with Gasteiger partial charge in [0.05, 0.1) is 36.6 Å². The number of hydrogen-bond donors (Lipinski definition) is 1. The number of fused-ring (bicyclic) bond motifs is 2. The van der Waals surface area contributed by atoms with Crippen molar-refractivity contribution in [1.82, 2.24) is 0 Å². The van der Waals surface area contributed by atoms with E-state index in [0.717, 1.165) is 0 Å². The van der Waals surface area contributed by atoms with Gasteiger partial charge in [0, 0.05) is 11.0 Å². The second-order valence-electron chi connectivity index (χ2n) is 6.18. The number of anilines is 1. The Kier molecular flexibility index (Phi) is 3.43. The Bertz CT molecular complexity index is 660. The maximum absolute atomic E-state index is 12.4. The van der Waals surface area contributed by atoms with E-state index in [9.17, 15) is 9.59 Å². The highest BCUT2D eigenvalue weighted by Crippen LogP contribution is 2.46. The number of methoxy groups -OCH3 is 1. The summed E-state index contributed by atoms with van der Waals surface area (Å²) in [6, 6.07) is 2.99. The molecule has 3 rings (SSSR count). The normalized spacial score (nSPS) is 21.4. The van der Waals surface area contributed by atoms with Gasteiger partial charge in [-0.25, -0.2) is 4.79 Å². The number of nitrogens with one attached hydrogen (secondary N) is 1. The molecule has 0 atom stereocenters. The number of esters is 1. The van der Waals surface area contributed by atoms with E-state index in [1.54, 1.807) is 0 Å². The highest BCUT2D eigenvalue weighted by atomic mass is 35.5. The Balaban J connectivity index is 2.04. The summed E-state index contributed by atoms with van der Waals surface area (Å²) >= 11 is 6.14. The van der Waals surface area contributed by atoms with Crippen molar-refractivity contribution < 1.29 is 23.8 Å². The maximum atomic E-state index is 12.4. The van der Waals surface area contributed by atoms with Crippen molar-refractivity contribution in [1.29, 1.82) is 0 Å². The van der Waals surface area contributed by atoms with Gasteiger partial charge in [0.1, 0.15) is 0 Å². The Labute approximate surface area is 132 Å².